The molecule has 228 valence electrons. The minimum absolute atomic E-state index is 0.0729. The van der Waals surface area contributed by atoms with Crippen LogP contribution in [0.25, 0.3) is 43.7 Å². The summed E-state index contributed by atoms with van der Waals surface area (Å²) in [4.78, 5) is 31.6. The number of likely N-dealkylation sites (tertiary alicyclic amines) is 1. The van der Waals surface area contributed by atoms with Gasteiger partial charge in [-0.3, -0.25) is 14.7 Å². The van der Waals surface area contributed by atoms with E-state index in [-0.39, 0.29) is 35.1 Å². The summed E-state index contributed by atoms with van der Waals surface area (Å²) in [5.41, 5.74) is 5.32. The van der Waals surface area contributed by atoms with Gasteiger partial charge >= 0.3 is 0 Å². The highest BCUT2D eigenvalue weighted by Gasteiger charge is 2.33. The number of ether oxygens (including phenoxy) is 1. The van der Waals surface area contributed by atoms with Gasteiger partial charge in [-0.25, -0.2) is 13.8 Å². The van der Waals surface area contributed by atoms with Gasteiger partial charge in [-0.05, 0) is 55.5 Å². The van der Waals surface area contributed by atoms with Crippen LogP contribution in [0.2, 0.25) is 0 Å². The van der Waals surface area contributed by atoms with Crippen LogP contribution >= 0.6 is 11.3 Å². The fraction of sp³-hybridized carbons (Fsp3) is 0.235. The van der Waals surface area contributed by atoms with E-state index in [1.807, 2.05) is 23.6 Å². The minimum Gasteiger partial charge on any atom is -0.490 e. The molecule has 5 aromatic rings. The molecule has 1 fully saturated rings. The smallest absolute Gasteiger partial charge is 0.251 e. The molecule has 45 heavy (non-hydrogen) atoms. The van der Waals surface area contributed by atoms with Gasteiger partial charge in [0.2, 0.25) is 5.91 Å². The van der Waals surface area contributed by atoms with Crippen LogP contribution in [0, 0.1) is 11.6 Å². The fourth-order valence-corrected chi connectivity index (χ4v) is 7.25. The second-order valence-electron chi connectivity index (χ2n) is 11.5. The third-order valence-electron chi connectivity index (χ3n) is 8.29. The van der Waals surface area contributed by atoms with Crippen molar-refractivity contribution >= 4 is 33.2 Å². The quantitative estimate of drug-likeness (QED) is 0.193. The molecular weight excluding hydrogens is 596 g/mol. The van der Waals surface area contributed by atoms with Gasteiger partial charge in [-0.1, -0.05) is 12.6 Å². The van der Waals surface area contributed by atoms with Gasteiger partial charge in [-0.2, -0.15) is 5.10 Å². The van der Waals surface area contributed by atoms with E-state index in [0.29, 0.717) is 59.8 Å². The Hall–Kier alpha value is -4.90. The Morgan fingerprint density at radius 3 is 2.80 bits per heavy atom. The number of benzene rings is 2. The number of carbonyl (C=O) groups excluding carboxylic acids is 2. The number of aromatic nitrogens is 3. The van der Waals surface area contributed by atoms with E-state index in [1.54, 1.807) is 31.0 Å². The number of H-pyrrole nitrogens is 1. The molecule has 7 rings (SSSR count). The highest BCUT2D eigenvalue weighted by atomic mass is 32.1. The number of nitrogens with one attached hydrogen (secondary N) is 2. The highest BCUT2D eigenvalue weighted by Crippen LogP contribution is 2.48. The zero-order valence-electron chi connectivity index (χ0n) is 24.6. The van der Waals surface area contributed by atoms with Crippen molar-refractivity contribution in [3.63, 3.8) is 0 Å². The molecule has 11 heteroatoms. The van der Waals surface area contributed by atoms with Crippen molar-refractivity contribution in [2.24, 2.45) is 0 Å². The molecule has 2 aromatic carbocycles. The number of carbonyl (C=O) groups is 2. The maximum Gasteiger partial charge on any atom is 0.251 e. The summed E-state index contributed by atoms with van der Waals surface area (Å²) >= 11 is 1.42. The Balaban J connectivity index is 1.50. The predicted octanol–water partition coefficient (Wildman–Crippen LogP) is 6.83. The van der Waals surface area contributed by atoms with E-state index >= 15 is 4.39 Å². The summed E-state index contributed by atoms with van der Waals surface area (Å²) < 4.78 is 37.4. The Morgan fingerprint density at radius 1 is 1.16 bits per heavy atom. The van der Waals surface area contributed by atoms with E-state index < -0.39 is 11.6 Å². The maximum absolute atomic E-state index is 16.0. The van der Waals surface area contributed by atoms with Gasteiger partial charge < -0.3 is 15.0 Å². The Kier molecular flexibility index (Phi) is 7.20. The first-order valence-electron chi connectivity index (χ1n) is 14.7. The molecule has 1 saturated heterocycles. The number of rotatable bonds is 7. The Morgan fingerprint density at radius 2 is 2.00 bits per heavy atom. The summed E-state index contributed by atoms with van der Waals surface area (Å²) in [6, 6.07) is 9.60. The number of nitrogens with zero attached hydrogens (tertiary/aromatic N) is 3. The molecular formula is C34H29F2N5O3S. The van der Waals surface area contributed by atoms with Crippen molar-refractivity contribution in [2.45, 2.75) is 38.8 Å². The second-order valence-corrected chi connectivity index (χ2v) is 12.4. The van der Waals surface area contributed by atoms with E-state index in [2.05, 4.69) is 22.1 Å². The number of halogens is 2. The minimum atomic E-state index is -0.771. The Labute approximate surface area is 261 Å². The maximum atomic E-state index is 16.0. The molecule has 0 aliphatic carbocycles. The zero-order valence-corrected chi connectivity index (χ0v) is 25.4. The average Bonchev–Trinajstić information content (AvgIpc) is 3.83. The van der Waals surface area contributed by atoms with Crippen LogP contribution < -0.4 is 10.1 Å². The topological polar surface area (TPSA) is 100 Å². The van der Waals surface area contributed by atoms with E-state index in [4.69, 9.17) is 9.72 Å². The third-order valence-corrected chi connectivity index (χ3v) is 9.22. The standard InChI is InChI=1S/C34H29F2N5O3S/c1-4-27(42)41-9-7-19(16-41)31-24(15-38-40-31)32-29(28-25(36)12-21(35)13-26(28)44-17(2)3)33-23(8-10-45-33)30(39-32)18-5-6-22-20(11-18)14-37-34(22)43/h4-6,8,10-13,15,17,19H,1,7,9,14,16H2,2-3H3,(H,37,43)(H,38,40)/t19-/m0/s1. The van der Waals surface area contributed by atoms with Crippen LogP contribution in [0.5, 0.6) is 5.75 Å². The van der Waals surface area contributed by atoms with Crippen molar-refractivity contribution in [1.29, 1.82) is 0 Å². The van der Waals surface area contributed by atoms with Crippen LogP contribution in [0.4, 0.5) is 8.78 Å². The molecule has 0 unspecified atom stereocenters. The molecule has 0 radical (unpaired) electrons. The van der Waals surface area contributed by atoms with Gasteiger partial charge in [0.1, 0.15) is 17.4 Å². The predicted molar refractivity (Wildman–Crippen MR) is 169 cm³/mol. The van der Waals surface area contributed by atoms with E-state index in [0.717, 1.165) is 27.3 Å². The van der Waals surface area contributed by atoms with Crippen molar-refractivity contribution in [1.82, 2.24) is 25.4 Å². The summed E-state index contributed by atoms with van der Waals surface area (Å²) in [5, 5.41) is 13.1. The van der Waals surface area contributed by atoms with Crippen molar-refractivity contribution in [2.75, 3.05) is 13.1 Å². The lowest BCUT2D eigenvalue weighted by molar-refractivity contribution is -0.125. The fourth-order valence-electron chi connectivity index (χ4n) is 6.30. The molecule has 3 aromatic heterocycles. The molecule has 0 bridgehead atoms. The number of thiophene rings is 1. The highest BCUT2D eigenvalue weighted by molar-refractivity contribution is 7.18. The van der Waals surface area contributed by atoms with E-state index in [1.165, 1.54) is 23.5 Å². The molecule has 0 saturated carbocycles. The SMILES string of the molecule is C=CC(=O)N1CC[C@H](c2n[nH]cc2-c2nc(-c3ccc4c(c3)CNC4=O)c3ccsc3c2-c2c(F)cc(F)cc2OC(C)C)C1. The summed E-state index contributed by atoms with van der Waals surface area (Å²) in [5.74, 6) is -1.81. The van der Waals surface area contributed by atoms with E-state index in [9.17, 15) is 14.0 Å². The monoisotopic (exact) mass is 625 g/mol. The lowest BCUT2D eigenvalue weighted by Gasteiger charge is -2.20. The summed E-state index contributed by atoms with van der Waals surface area (Å²) in [6.45, 7) is 8.64. The summed E-state index contributed by atoms with van der Waals surface area (Å²) in [7, 11) is 0. The lowest BCUT2D eigenvalue weighted by Crippen LogP contribution is -2.26. The van der Waals surface area contributed by atoms with Gasteiger partial charge in [0.25, 0.3) is 5.91 Å². The second kappa shape index (κ2) is 11.2. The number of fused-ring (bicyclic) bond motifs is 2. The molecule has 2 aliphatic heterocycles. The van der Waals surface area contributed by atoms with Crippen molar-refractivity contribution in [3.05, 3.63) is 89.1 Å². The molecule has 2 N–H and O–H groups in total. The normalized spacial score (nSPS) is 16.0. The number of aromatic amines is 1. The Bertz CT molecular complexity index is 2020. The molecule has 1 atom stereocenters. The molecule has 2 aliphatic rings. The van der Waals surface area contributed by atoms with Gasteiger partial charge in [0, 0.05) is 76.2 Å². The first kappa shape index (κ1) is 28.8. The number of pyridine rings is 1. The molecule has 0 spiro atoms. The molecule has 2 amide bonds. The van der Waals surface area contributed by atoms with Gasteiger partial charge in [0.15, 0.2) is 0 Å². The molecule has 8 nitrogen and oxygen atoms in total. The van der Waals surface area contributed by atoms with Gasteiger partial charge in [-0.15, -0.1) is 11.3 Å². The van der Waals surface area contributed by atoms with Crippen molar-refractivity contribution < 1.29 is 23.1 Å². The number of amides is 2. The first-order chi connectivity index (χ1) is 21.7. The van der Waals surface area contributed by atoms with Crippen LogP contribution in [0.15, 0.2) is 60.6 Å². The number of hydrogen-bond donors (Lipinski definition) is 2. The third kappa shape index (κ3) is 4.97. The lowest BCUT2D eigenvalue weighted by atomic mass is 9.92. The number of hydrogen-bond acceptors (Lipinski definition) is 6. The van der Waals surface area contributed by atoms with Crippen LogP contribution in [-0.2, 0) is 11.3 Å². The van der Waals surface area contributed by atoms with Crippen LogP contribution in [0.3, 0.4) is 0 Å². The van der Waals surface area contributed by atoms with Gasteiger partial charge in [0.05, 0.1) is 28.7 Å². The van der Waals surface area contributed by atoms with Crippen LogP contribution in [-0.4, -0.2) is 51.1 Å². The summed E-state index contributed by atoms with van der Waals surface area (Å²) in [6.07, 6.45) is 3.37. The average molecular weight is 626 g/mol. The largest absolute Gasteiger partial charge is 0.490 e. The zero-order chi connectivity index (χ0) is 31.4. The van der Waals surface area contributed by atoms with Crippen molar-refractivity contribution in [3.8, 4) is 39.4 Å². The van der Waals surface area contributed by atoms with Crippen LogP contribution in [0.1, 0.15) is 47.8 Å². The molecule has 5 heterocycles. The first-order valence-corrected chi connectivity index (χ1v) is 15.6.